The van der Waals surface area contributed by atoms with E-state index in [4.69, 9.17) is 0 Å². The minimum atomic E-state index is -0.357. The summed E-state index contributed by atoms with van der Waals surface area (Å²) in [6, 6.07) is 7.07. The van der Waals surface area contributed by atoms with Crippen molar-refractivity contribution >= 4 is 16.8 Å². The van der Waals surface area contributed by atoms with Gasteiger partial charge in [0.1, 0.15) is 5.82 Å². The molecular formula is C18H22N8O2. The van der Waals surface area contributed by atoms with Gasteiger partial charge in [-0.1, -0.05) is 17.3 Å². The van der Waals surface area contributed by atoms with Crippen LogP contribution >= 0.6 is 0 Å². The lowest BCUT2D eigenvalue weighted by atomic mass is 10.2. The molecule has 1 fully saturated rings. The van der Waals surface area contributed by atoms with Crippen LogP contribution in [-0.4, -0.2) is 68.5 Å². The predicted octanol–water partition coefficient (Wildman–Crippen LogP) is -0.650. The summed E-state index contributed by atoms with van der Waals surface area (Å²) >= 11 is 0. The van der Waals surface area contributed by atoms with E-state index in [1.807, 2.05) is 6.07 Å². The van der Waals surface area contributed by atoms with Crippen LogP contribution in [0, 0.1) is 0 Å². The Balaban J connectivity index is 1.34. The number of aromatic amines is 1. The maximum Gasteiger partial charge on any atom is 0.273 e. The van der Waals surface area contributed by atoms with E-state index >= 15 is 0 Å². The lowest BCUT2D eigenvalue weighted by Crippen LogP contribution is -2.44. The monoisotopic (exact) mass is 382 g/mol. The third kappa shape index (κ3) is 4.24. The van der Waals surface area contributed by atoms with Gasteiger partial charge in [-0.2, -0.15) is 0 Å². The number of para-hydroxylation sites is 1. The molecule has 1 aromatic carbocycles. The van der Waals surface area contributed by atoms with Gasteiger partial charge in [-0.25, -0.2) is 4.98 Å². The Kier molecular flexibility index (Phi) is 5.40. The molecule has 3 heterocycles. The Morgan fingerprint density at radius 3 is 2.86 bits per heavy atom. The Morgan fingerprint density at radius 1 is 1.18 bits per heavy atom. The van der Waals surface area contributed by atoms with Crippen molar-refractivity contribution in [1.82, 2.24) is 40.5 Å². The summed E-state index contributed by atoms with van der Waals surface area (Å²) in [5.74, 6) is 0.0346. The Bertz CT molecular complexity index is 1020. The van der Waals surface area contributed by atoms with E-state index in [9.17, 15) is 9.59 Å². The second kappa shape index (κ2) is 8.28. The molecule has 0 unspecified atom stereocenters. The summed E-state index contributed by atoms with van der Waals surface area (Å²) in [5, 5.41) is 14.5. The van der Waals surface area contributed by atoms with Crippen molar-refractivity contribution < 1.29 is 4.79 Å². The van der Waals surface area contributed by atoms with Gasteiger partial charge in [0, 0.05) is 32.7 Å². The van der Waals surface area contributed by atoms with E-state index in [0.717, 1.165) is 32.7 Å². The zero-order valence-electron chi connectivity index (χ0n) is 15.4. The maximum atomic E-state index is 12.3. The molecule has 0 radical (unpaired) electrons. The van der Waals surface area contributed by atoms with Crippen molar-refractivity contribution in [3.63, 3.8) is 0 Å². The van der Waals surface area contributed by atoms with Crippen molar-refractivity contribution in [3.8, 4) is 0 Å². The lowest BCUT2D eigenvalue weighted by Gasteiger charge is -2.26. The van der Waals surface area contributed by atoms with Crippen molar-refractivity contribution in [3.05, 3.63) is 52.3 Å². The number of carbonyl (C=O) groups is 1. The number of fused-ring (bicyclic) bond motifs is 1. The zero-order valence-corrected chi connectivity index (χ0v) is 15.4. The molecule has 1 aliphatic heterocycles. The molecule has 0 aliphatic carbocycles. The molecule has 10 heteroatoms. The maximum absolute atomic E-state index is 12.3. The number of benzene rings is 1. The fourth-order valence-electron chi connectivity index (χ4n) is 3.16. The first kappa shape index (κ1) is 18.3. The molecule has 2 aromatic heterocycles. The van der Waals surface area contributed by atoms with Crippen LogP contribution in [0.2, 0.25) is 0 Å². The average Bonchev–Trinajstić information content (AvgIpc) is 3.20. The summed E-state index contributed by atoms with van der Waals surface area (Å²) < 4.78 is 1.67. The van der Waals surface area contributed by atoms with Gasteiger partial charge in [0.05, 0.1) is 30.2 Å². The van der Waals surface area contributed by atoms with Crippen LogP contribution in [0.1, 0.15) is 16.3 Å². The minimum Gasteiger partial charge on any atom is -0.343 e. The third-order valence-corrected chi connectivity index (χ3v) is 4.70. The Morgan fingerprint density at radius 2 is 2.00 bits per heavy atom. The van der Waals surface area contributed by atoms with E-state index in [2.05, 4.69) is 35.8 Å². The number of carbonyl (C=O) groups excluding carboxylic acids is 1. The van der Waals surface area contributed by atoms with Gasteiger partial charge < -0.3 is 15.6 Å². The number of hydrogen-bond donors (Lipinski definition) is 3. The molecule has 0 atom stereocenters. The van der Waals surface area contributed by atoms with E-state index in [0.29, 0.717) is 23.3 Å². The van der Waals surface area contributed by atoms with Gasteiger partial charge >= 0.3 is 0 Å². The van der Waals surface area contributed by atoms with Gasteiger partial charge in [0.15, 0.2) is 5.69 Å². The number of piperazine rings is 1. The van der Waals surface area contributed by atoms with E-state index < -0.39 is 0 Å². The quantitative estimate of drug-likeness (QED) is 0.518. The zero-order chi connectivity index (χ0) is 19.3. The minimum absolute atomic E-state index is 0.104. The molecule has 1 saturated heterocycles. The normalized spacial score (nSPS) is 15.0. The highest BCUT2D eigenvalue weighted by molar-refractivity contribution is 5.91. The van der Waals surface area contributed by atoms with E-state index in [1.54, 1.807) is 29.1 Å². The molecule has 10 nitrogen and oxygen atoms in total. The Labute approximate surface area is 161 Å². The molecule has 0 spiro atoms. The molecule has 146 valence electrons. The summed E-state index contributed by atoms with van der Waals surface area (Å²) in [7, 11) is 0. The smallest absolute Gasteiger partial charge is 0.273 e. The van der Waals surface area contributed by atoms with Crippen LogP contribution in [0.5, 0.6) is 0 Å². The number of hydrogen-bond acceptors (Lipinski definition) is 7. The largest absolute Gasteiger partial charge is 0.343 e. The summed E-state index contributed by atoms with van der Waals surface area (Å²) in [6.07, 6.45) is 1.63. The fourth-order valence-corrected chi connectivity index (χ4v) is 3.16. The lowest BCUT2D eigenvalue weighted by molar-refractivity contribution is 0.0944. The van der Waals surface area contributed by atoms with Gasteiger partial charge in [-0.05, 0) is 12.1 Å². The summed E-state index contributed by atoms with van der Waals surface area (Å²) in [6.45, 7) is 5.67. The highest BCUT2D eigenvalue weighted by atomic mass is 16.2. The highest BCUT2D eigenvalue weighted by Crippen LogP contribution is 2.05. The molecule has 4 rings (SSSR count). The number of H-pyrrole nitrogens is 1. The highest BCUT2D eigenvalue weighted by Gasteiger charge is 2.13. The first-order valence-corrected chi connectivity index (χ1v) is 9.28. The van der Waals surface area contributed by atoms with Crippen LogP contribution < -0.4 is 16.2 Å². The number of aromatic nitrogens is 5. The second-order valence-electron chi connectivity index (χ2n) is 6.67. The van der Waals surface area contributed by atoms with E-state index in [-0.39, 0.29) is 23.7 Å². The third-order valence-electron chi connectivity index (χ3n) is 4.70. The first-order chi connectivity index (χ1) is 13.7. The van der Waals surface area contributed by atoms with Gasteiger partial charge in [-0.3, -0.25) is 19.2 Å². The summed E-state index contributed by atoms with van der Waals surface area (Å²) in [5.41, 5.74) is 0.603. The van der Waals surface area contributed by atoms with Gasteiger partial charge in [0.2, 0.25) is 0 Å². The predicted molar refractivity (Wildman–Crippen MR) is 103 cm³/mol. The van der Waals surface area contributed by atoms with Crippen molar-refractivity contribution in [2.24, 2.45) is 0 Å². The van der Waals surface area contributed by atoms with Crippen LogP contribution in [-0.2, 0) is 13.1 Å². The molecule has 3 aromatic rings. The van der Waals surface area contributed by atoms with Crippen LogP contribution in [0.3, 0.4) is 0 Å². The van der Waals surface area contributed by atoms with Crippen LogP contribution in [0.4, 0.5) is 0 Å². The number of nitrogens with zero attached hydrogens (tertiary/aromatic N) is 5. The van der Waals surface area contributed by atoms with Gasteiger partial charge in [-0.15, -0.1) is 5.10 Å². The van der Waals surface area contributed by atoms with Crippen LogP contribution in [0.15, 0.2) is 35.3 Å². The first-order valence-electron chi connectivity index (χ1n) is 9.28. The molecular weight excluding hydrogens is 360 g/mol. The number of nitrogens with one attached hydrogen (secondary N) is 3. The number of rotatable bonds is 6. The molecule has 0 saturated carbocycles. The molecule has 1 aliphatic rings. The molecule has 3 N–H and O–H groups in total. The number of amides is 1. The van der Waals surface area contributed by atoms with Gasteiger partial charge in [0.25, 0.3) is 11.5 Å². The average molecular weight is 382 g/mol. The summed E-state index contributed by atoms with van der Waals surface area (Å²) in [4.78, 5) is 33.8. The fraction of sp³-hybridized carbons (Fsp3) is 0.389. The van der Waals surface area contributed by atoms with Crippen LogP contribution in [0.25, 0.3) is 10.9 Å². The SMILES string of the molecule is O=C(NCc1nc2ccccc2c(=O)[nH]1)c1cn(CCN2CCNCC2)nn1. The van der Waals surface area contributed by atoms with Crippen molar-refractivity contribution in [2.75, 3.05) is 32.7 Å². The van der Waals surface area contributed by atoms with Crippen molar-refractivity contribution in [1.29, 1.82) is 0 Å². The molecule has 1 amide bonds. The standard InChI is InChI=1S/C18H22N8O2/c27-17-13-3-1-2-4-14(13)21-16(22-17)11-20-18(28)15-12-26(24-23-15)10-9-25-7-5-19-6-8-25/h1-4,12,19H,5-11H2,(H,20,28)(H,21,22,27). The topological polar surface area (TPSA) is 121 Å². The Hall–Kier alpha value is -3.11. The second-order valence-corrected chi connectivity index (χ2v) is 6.67. The van der Waals surface area contributed by atoms with Crippen molar-refractivity contribution in [2.45, 2.75) is 13.1 Å². The van der Waals surface area contributed by atoms with E-state index in [1.165, 1.54) is 0 Å². The molecule has 28 heavy (non-hydrogen) atoms. The molecule has 0 bridgehead atoms.